The molecule has 1 saturated carbocycles. The Morgan fingerprint density at radius 2 is 1.76 bits per heavy atom. The quantitative estimate of drug-likeness (QED) is 0.587. The highest BCUT2D eigenvalue weighted by Crippen LogP contribution is 2.24. The van der Waals surface area contributed by atoms with Gasteiger partial charge in [-0.1, -0.05) is 15.9 Å². The van der Waals surface area contributed by atoms with Crippen molar-refractivity contribution >= 4 is 44.4 Å². The summed E-state index contributed by atoms with van der Waals surface area (Å²) in [7, 11) is 0. The first-order chi connectivity index (χ1) is 8.15. The molecule has 1 aromatic rings. The first-order valence-corrected chi connectivity index (χ1v) is 7.85. The highest BCUT2D eigenvalue weighted by Gasteiger charge is 2.20. The predicted octanol–water partition coefficient (Wildman–Crippen LogP) is 3.73. The minimum Gasteiger partial charge on any atom is -0.349 e. The molecular formula is C13H15BrINO. The van der Waals surface area contributed by atoms with Gasteiger partial charge in [0.2, 0.25) is 0 Å². The van der Waals surface area contributed by atoms with Gasteiger partial charge in [0.15, 0.2) is 0 Å². The number of carbonyl (C=O) groups is 1. The zero-order valence-corrected chi connectivity index (χ0v) is 13.2. The van der Waals surface area contributed by atoms with Crippen molar-refractivity contribution in [1.29, 1.82) is 0 Å². The van der Waals surface area contributed by atoms with Crippen LogP contribution in [-0.4, -0.2) is 16.8 Å². The molecule has 0 unspecified atom stereocenters. The van der Waals surface area contributed by atoms with Gasteiger partial charge in [-0.3, -0.25) is 4.79 Å². The van der Waals surface area contributed by atoms with E-state index in [1.165, 1.54) is 0 Å². The molecule has 2 rings (SSSR count). The van der Waals surface area contributed by atoms with Crippen molar-refractivity contribution in [3.05, 3.63) is 33.4 Å². The second-order valence-electron chi connectivity index (χ2n) is 4.43. The minimum absolute atomic E-state index is 0.0550. The number of amides is 1. The second-order valence-corrected chi connectivity index (χ2v) is 6.97. The van der Waals surface area contributed by atoms with E-state index in [2.05, 4.69) is 43.8 Å². The fourth-order valence-electron chi connectivity index (χ4n) is 2.07. The zero-order valence-electron chi connectivity index (χ0n) is 9.46. The maximum Gasteiger partial charge on any atom is 0.251 e. The van der Waals surface area contributed by atoms with E-state index < -0.39 is 0 Å². The number of halogens is 2. The number of hydrogen-bond acceptors (Lipinski definition) is 1. The highest BCUT2D eigenvalue weighted by atomic mass is 127. The molecule has 1 aliphatic rings. The predicted molar refractivity (Wildman–Crippen MR) is 81.6 cm³/mol. The molecular weight excluding hydrogens is 393 g/mol. The Labute approximate surface area is 124 Å². The second kappa shape index (κ2) is 6.18. The van der Waals surface area contributed by atoms with E-state index in [-0.39, 0.29) is 5.91 Å². The van der Waals surface area contributed by atoms with Gasteiger partial charge in [0, 0.05) is 20.0 Å². The van der Waals surface area contributed by atoms with Gasteiger partial charge >= 0.3 is 0 Å². The van der Waals surface area contributed by atoms with Crippen LogP contribution in [0.4, 0.5) is 0 Å². The molecule has 1 aliphatic carbocycles. The lowest BCUT2D eigenvalue weighted by Crippen LogP contribution is -2.37. The number of alkyl halides is 1. The summed E-state index contributed by atoms with van der Waals surface area (Å²) in [5.74, 6) is 0.0550. The average Bonchev–Trinajstić information content (AvgIpc) is 2.33. The molecule has 92 valence electrons. The molecule has 2 nitrogen and oxygen atoms in total. The Bertz CT molecular complexity index is 385. The van der Waals surface area contributed by atoms with Crippen molar-refractivity contribution in [3.63, 3.8) is 0 Å². The fourth-order valence-corrected chi connectivity index (χ4v) is 2.96. The normalized spacial score (nSPS) is 24.4. The van der Waals surface area contributed by atoms with Crippen LogP contribution in [0.3, 0.4) is 0 Å². The van der Waals surface area contributed by atoms with E-state index in [1.807, 2.05) is 24.3 Å². The summed E-state index contributed by atoms with van der Waals surface area (Å²) >= 11 is 5.86. The lowest BCUT2D eigenvalue weighted by Gasteiger charge is -2.26. The Balaban J connectivity index is 1.91. The summed E-state index contributed by atoms with van der Waals surface area (Å²) in [4.78, 5) is 12.6. The SMILES string of the molecule is O=C(NC1CCC(Br)CC1)c1ccc(I)cc1. The molecule has 0 radical (unpaired) electrons. The van der Waals surface area contributed by atoms with Crippen molar-refractivity contribution in [1.82, 2.24) is 5.32 Å². The van der Waals surface area contributed by atoms with Gasteiger partial charge in [-0.25, -0.2) is 0 Å². The molecule has 0 aromatic heterocycles. The van der Waals surface area contributed by atoms with E-state index in [0.717, 1.165) is 34.8 Å². The fraction of sp³-hybridized carbons (Fsp3) is 0.462. The molecule has 0 spiro atoms. The molecule has 1 amide bonds. The zero-order chi connectivity index (χ0) is 12.3. The van der Waals surface area contributed by atoms with Crippen molar-refractivity contribution in [2.75, 3.05) is 0 Å². The van der Waals surface area contributed by atoms with Crippen molar-refractivity contribution in [3.8, 4) is 0 Å². The molecule has 17 heavy (non-hydrogen) atoms. The minimum atomic E-state index is 0.0550. The first kappa shape index (κ1) is 13.3. The van der Waals surface area contributed by atoms with Crippen LogP contribution in [0, 0.1) is 3.57 Å². The Kier molecular flexibility index (Phi) is 4.85. The lowest BCUT2D eigenvalue weighted by atomic mass is 9.95. The summed E-state index contributed by atoms with van der Waals surface area (Å²) in [6.45, 7) is 0. The smallest absolute Gasteiger partial charge is 0.251 e. The van der Waals surface area contributed by atoms with E-state index in [9.17, 15) is 4.79 Å². The number of benzene rings is 1. The molecule has 0 aliphatic heterocycles. The Morgan fingerprint density at radius 1 is 1.18 bits per heavy atom. The molecule has 1 aromatic carbocycles. The maximum atomic E-state index is 12.0. The van der Waals surface area contributed by atoms with Crippen LogP contribution in [0.25, 0.3) is 0 Å². The van der Waals surface area contributed by atoms with E-state index in [0.29, 0.717) is 10.9 Å². The highest BCUT2D eigenvalue weighted by molar-refractivity contribution is 14.1. The monoisotopic (exact) mass is 407 g/mol. The van der Waals surface area contributed by atoms with E-state index >= 15 is 0 Å². The van der Waals surface area contributed by atoms with Crippen LogP contribution in [0.5, 0.6) is 0 Å². The molecule has 0 heterocycles. The molecule has 0 saturated heterocycles. The Morgan fingerprint density at radius 3 is 2.35 bits per heavy atom. The van der Waals surface area contributed by atoms with Crippen LogP contribution in [0.2, 0.25) is 0 Å². The number of rotatable bonds is 2. The van der Waals surface area contributed by atoms with Crippen molar-refractivity contribution < 1.29 is 4.79 Å². The topological polar surface area (TPSA) is 29.1 Å². The van der Waals surface area contributed by atoms with Gasteiger partial charge in [0.25, 0.3) is 5.91 Å². The summed E-state index contributed by atoms with van der Waals surface area (Å²) < 4.78 is 1.15. The van der Waals surface area contributed by atoms with Gasteiger partial charge in [-0.2, -0.15) is 0 Å². The van der Waals surface area contributed by atoms with Gasteiger partial charge in [0.05, 0.1) is 0 Å². The van der Waals surface area contributed by atoms with Gasteiger partial charge in [-0.15, -0.1) is 0 Å². The van der Waals surface area contributed by atoms with Crippen molar-refractivity contribution in [2.45, 2.75) is 36.6 Å². The summed E-state index contributed by atoms with van der Waals surface area (Å²) in [6, 6.07) is 8.03. The maximum absolute atomic E-state index is 12.0. The number of carbonyl (C=O) groups excluding carboxylic acids is 1. The lowest BCUT2D eigenvalue weighted by molar-refractivity contribution is 0.0928. The van der Waals surface area contributed by atoms with E-state index in [1.54, 1.807) is 0 Å². The van der Waals surface area contributed by atoms with Crippen LogP contribution in [0.15, 0.2) is 24.3 Å². The Hall–Kier alpha value is -0.100. The standard InChI is InChI=1S/C13H15BrINO/c14-10-3-7-12(8-4-10)16-13(17)9-1-5-11(15)6-2-9/h1-2,5-6,10,12H,3-4,7-8H2,(H,16,17). The van der Waals surface area contributed by atoms with E-state index in [4.69, 9.17) is 0 Å². The summed E-state index contributed by atoms with van der Waals surface area (Å²) in [6.07, 6.45) is 4.45. The number of nitrogens with one attached hydrogen (secondary N) is 1. The van der Waals surface area contributed by atoms with Gasteiger partial charge < -0.3 is 5.32 Å². The molecule has 0 atom stereocenters. The molecule has 4 heteroatoms. The number of hydrogen-bond donors (Lipinski definition) is 1. The van der Waals surface area contributed by atoms with Crippen LogP contribution in [0.1, 0.15) is 36.0 Å². The average molecular weight is 408 g/mol. The van der Waals surface area contributed by atoms with Crippen LogP contribution >= 0.6 is 38.5 Å². The third-order valence-corrected chi connectivity index (χ3v) is 4.73. The summed E-state index contributed by atoms with van der Waals surface area (Å²) in [5, 5.41) is 3.11. The van der Waals surface area contributed by atoms with Crippen LogP contribution in [-0.2, 0) is 0 Å². The van der Waals surface area contributed by atoms with Gasteiger partial charge in [-0.05, 0) is 72.5 Å². The molecule has 0 bridgehead atoms. The third-order valence-electron chi connectivity index (χ3n) is 3.10. The third kappa shape index (κ3) is 3.95. The first-order valence-electron chi connectivity index (χ1n) is 5.85. The molecule has 1 fully saturated rings. The molecule has 1 N–H and O–H groups in total. The van der Waals surface area contributed by atoms with Gasteiger partial charge in [0.1, 0.15) is 0 Å². The summed E-state index contributed by atoms with van der Waals surface area (Å²) in [5.41, 5.74) is 0.756. The van der Waals surface area contributed by atoms with Crippen LogP contribution < -0.4 is 5.32 Å². The largest absolute Gasteiger partial charge is 0.349 e. The van der Waals surface area contributed by atoms with Crippen molar-refractivity contribution in [2.24, 2.45) is 0 Å².